The van der Waals surface area contributed by atoms with Crippen LogP contribution in [0.15, 0.2) is 42.5 Å². The van der Waals surface area contributed by atoms with Crippen LogP contribution in [-0.2, 0) is 4.79 Å². The van der Waals surface area contributed by atoms with Gasteiger partial charge in [0, 0.05) is 6.08 Å². The van der Waals surface area contributed by atoms with Crippen molar-refractivity contribution in [2.75, 3.05) is 21.3 Å². The lowest BCUT2D eigenvalue weighted by atomic mass is 10.1. The van der Waals surface area contributed by atoms with Crippen molar-refractivity contribution in [1.82, 2.24) is 0 Å². The van der Waals surface area contributed by atoms with E-state index in [0.29, 0.717) is 23.0 Å². The van der Waals surface area contributed by atoms with E-state index in [-0.39, 0.29) is 0 Å². The molecular formula is C19H20O5. The number of carbonyl (C=O) groups is 1. The number of esters is 1. The van der Waals surface area contributed by atoms with Gasteiger partial charge in [-0.2, -0.15) is 0 Å². The predicted octanol–water partition coefficient (Wildman–Crippen LogP) is 3.64. The van der Waals surface area contributed by atoms with Gasteiger partial charge in [0.05, 0.1) is 21.3 Å². The van der Waals surface area contributed by atoms with Gasteiger partial charge in [0.15, 0.2) is 11.5 Å². The second-order valence-electron chi connectivity index (χ2n) is 4.98. The van der Waals surface area contributed by atoms with Crippen LogP contribution in [0, 0.1) is 6.92 Å². The van der Waals surface area contributed by atoms with E-state index in [2.05, 4.69) is 0 Å². The molecule has 0 atom stereocenters. The van der Waals surface area contributed by atoms with E-state index in [1.807, 2.05) is 25.1 Å². The Balaban J connectivity index is 2.19. The van der Waals surface area contributed by atoms with Gasteiger partial charge in [-0.15, -0.1) is 0 Å². The van der Waals surface area contributed by atoms with Crippen molar-refractivity contribution in [1.29, 1.82) is 0 Å². The highest BCUT2D eigenvalue weighted by atomic mass is 16.5. The SMILES string of the molecule is COc1cc(/C=C/C(=O)Oc2ccccc2C)cc(OC)c1OC. The van der Waals surface area contributed by atoms with Crippen molar-refractivity contribution in [3.05, 3.63) is 53.6 Å². The van der Waals surface area contributed by atoms with Gasteiger partial charge in [0.1, 0.15) is 5.75 Å². The number of rotatable bonds is 6. The van der Waals surface area contributed by atoms with E-state index >= 15 is 0 Å². The zero-order valence-corrected chi connectivity index (χ0v) is 14.2. The largest absolute Gasteiger partial charge is 0.493 e. The van der Waals surface area contributed by atoms with E-state index in [1.54, 1.807) is 24.3 Å². The summed E-state index contributed by atoms with van der Waals surface area (Å²) < 4.78 is 21.1. The Hall–Kier alpha value is -2.95. The van der Waals surface area contributed by atoms with Crippen LogP contribution in [0.4, 0.5) is 0 Å². The number of ether oxygens (including phenoxy) is 4. The van der Waals surface area contributed by atoms with Crippen LogP contribution in [-0.4, -0.2) is 27.3 Å². The smallest absolute Gasteiger partial charge is 0.336 e. The minimum absolute atomic E-state index is 0.460. The van der Waals surface area contributed by atoms with Gasteiger partial charge in [-0.25, -0.2) is 4.79 Å². The zero-order valence-electron chi connectivity index (χ0n) is 14.2. The van der Waals surface area contributed by atoms with Gasteiger partial charge in [0.25, 0.3) is 0 Å². The van der Waals surface area contributed by atoms with Gasteiger partial charge in [-0.3, -0.25) is 0 Å². The van der Waals surface area contributed by atoms with E-state index in [0.717, 1.165) is 11.1 Å². The Labute approximate surface area is 141 Å². The molecule has 0 aliphatic carbocycles. The molecular weight excluding hydrogens is 308 g/mol. The van der Waals surface area contributed by atoms with Crippen LogP contribution in [0.2, 0.25) is 0 Å². The molecule has 2 aromatic rings. The molecule has 5 nitrogen and oxygen atoms in total. The van der Waals surface area contributed by atoms with Gasteiger partial charge in [-0.1, -0.05) is 18.2 Å². The van der Waals surface area contributed by atoms with Crippen molar-refractivity contribution in [2.45, 2.75) is 6.92 Å². The summed E-state index contributed by atoms with van der Waals surface area (Å²) in [7, 11) is 4.61. The lowest BCUT2D eigenvalue weighted by molar-refractivity contribution is -0.128. The topological polar surface area (TPSA) is 54.0 Å². The average molecular weight is 328 g/mol. The second-order valence-corrected chi connectivity index (χ2v) is 4.98. The van der Waals surface area contributed by atoms with Crippen molar-refractivity contribution >= 4 is 12.0 Å². The molecule has 0 saturated carbocycles. The van der Waals surface area contributed by atoms with Crippen LogP contribution in [0.5, 0.6) is 23.0 Å². The summed E-state index contributed by atoms with van der Waals surface area (Å²) in [6, 6.07) is 10.8. The zero-order chi connectivity index (χ0) is 17.5. The summed E-state index contributed by atoms with van der Waals surface area (Å²) in [5, 5.41) is 0. The molecule has 2 rings (SSSR count). The lowest BCUT2D eigenvalue weighted by Gasteiger charge is -2.12. The standard InChI is InChI=1S/C19H20O5/c1-13-7-5-6-8-15(13)24-18(20)10-9-14-11-16(21-2)19(23-4)17(12-14)22-3/h5-12H,1-4H3/b10-9+. The first-order valence-corrected chi connectivity index (χ1v) is 7.34. The molecule has 24 heavy (non-hydrogen) atoms. The number of hydrogen-bond donors (Lipinski definition) is 0. The maximum absolute atomic E-state index is 12.0. The molecule has 0 aromatic heterocycles. The second kappa shape index (κ2) is 8.06. The predicted molar refractivity (Wildman–Crippen MR) is 91.9 cm³/mol. The van der Waals surface area contributed by atoms with Crippen LogP contribution < -0.4 is 18.9 Å². The third-order valence-corrected chi connectivity index (χ3v) is 3.40. The first-order valence-electron chi connectivity index (χ1n) is 7.34. The van der Waals surface area contributed by atoms with Gasteiger partial charge in [0.2, 0.25) is 5.75 Å². The van der Waals surface area contributed by atoms with Gasteiger partial charge < -0.3 is 18.9 Å². The molecule has 0 aliphatic rings. The summed E-state index contributed by atoms with van der Waals surface area (Å²) in [5.41, 5.74) is 1.62. The molecule has 0 spiro atoms. The average Bonchev–Trinajstić information content (AvgIpc) is 2.60. The lowest BCUT2D eigenvalue weighted by Crippen LogP contribution is -2.04. The van der Waals surface area contributed by atoms with Crippen LogP contribution in [0.3, 0.4) is 0 Å². The highest BCUT2D eigenvalue weighted by Crippen LogP contribution is 2.38. The first kappa shape index (κ1) is 17.4. The molecule has 0 unspecified atom stereocenters. The molecule has 5 heteroatoms. The monoisotopic (exact) mass is 328 g/mol. The Morgan fingerprint density at radius 1 is 0.917 bits per heavy atom. The summed E-state index contributed by atoms with van der Waals surface area (Å²) in [5.74, 6) is 1.61. The van der Waals surface area contributed by atoms with E-state index in [1.165, 1.54) is 27.4 Å². The third kappa shape index (κ3) is 4.07. The Bertz CT molecular complexity index is 724. The fourth-order valence-corrected chi connectivity index (χ4v) is 2.18. The molecule has 0 saturated heterocycles. The number of benzene rings is 2. The van der Waals surface area contributed by atoms with Crippen LogP contribution in [0.1, 0.15) is 11.1 Å². The molecule has 0 fully saturated rings. The quantitative estimate of drug-likeness (QED) is 0.460. The molecule has 0 heterocycles. The fourth-order valence-electron chi connectivity index (χ4n) is 2.18. The minimum atomic E-state index is -0.460. The fraction of sp³-hybridized carbons (Fsp3) is 0.211. The van der Waals surface area contributed by atoms with Crippen molar-refractivity contribution < 1.29 is 23.7 Å². The van der Waals surface area contributed by atoms with E-state index in [9.17, 15) is 4.79 Å². The van der Waals surface area contributed by atoms with Crippen molar-refractivity contribution in [3.63, 3.8) is 0 Å². The Morgan fingerprint density at radius 3 is 2.08 bits per heavy atom. The van der Waals surface area contributed by atoms with Crippen molar-refractivity contribution in [2.24, 2.45) is 0 Å². The Kier molecular flexibility index (Phi) is 5.84. The first-order chi connectivity index (χ1) is 11.6. The molecule has 0 amide bonds. The molecule has 126 valence electrons. The highest BCUT2D eigenvalue weighted by molar-refractivity contribution is 5.89. The van der Waals surface area contributed by atoms with Gasteiger partial charge >= 0.3 is 5.97 Å². The van der Waals surface area contributed by atoms with Crippen molar-refractivity contribution in [3.8, 4) is 23.0 Å². The third-order valence-electron chi connectivity index (χ3n) is 3.40. The normalized spacial score (nSPS) is 10.5. The molecule has 0 bridgehead atoms. The van der Waals surface area contributed by atoms with Crippen LogP contribution >= 0.6 is 0 Å². The molecule has 0 radical (unpaired) electrons. The highest BCUT2D eigenvalue weighted by Gasteiger charge is 2.12. The summed E-state index contributed by atoms with van der Waals surface area (Å²) in [6.07, 6.45) is 2.98. The number of methoxy groups -OCH3 is 3. The summed E-state index contributed by atoms with van der Waals surface area (Å²) in [4.78, 5) is 12.0. The maximum atomic E-state index is 12.0. The van der Waals surface area contributed by atoms with Crippen LogP contribution in [0.25, 0.3) is 6.08 Å². The summed E-state index contributed by atoms with van der Waals surface area (Å²) >= 11 is 0. The summed E-state index contributed by atoms with van der Waals surface area (Å²) in [6.45, 7) is 1.88. The Morgan fingerprint density at radius 2 is 1.54 bits per heavy atom. The van der Waals surface area contributed by atoms with E-state index < -0.39 is 5.97 Å². The van der Waals surface area contributed by atoms with E-state index in [4.69, 9.17) is 18.9 Å². The van der Waals surface area contributed by atoms with Gasteiger partial charge in [-0.05, 0) is 42.3 Å². The molecule has 2 aromatic carbocycles. The number of carbonyl (C=O) groups excluding carboxylic acids is 1. The molecule has 0 N–H and O–H groups in total. The number of para-hydroxylation sites is 1. The molecule has 0 aliphatic heterocycles. The number of aryl methyl sites for hydroxylation is 1. The maximum Gasteiger partial charge on any atom is 0.336 e. The minimum Gasteiger partial charge on any atom is -0.493 e. The number of hydrogen-bond acceptors (Lipinski definition) is 5.